The van der Waals surface area contributed by atoms with E-state index in [0.717, 1.165) is 0 Å². The molecular weight excluding hydrogens is 222 g/mol. The molecule has 0 bridgehead atoms. The molecule has 0 radical (unpaired) electrons. The van der Waals surface area contributed by atoms with Gasteiger partial charge in [0.05, 0.1) is 6.54 Å². The van der Waals surface area contributed by atoms with Crippen molar-refractivity contribution in [3.63, 3.8) is 0 Å². The zero-order valence-electron chi connectivity index (χ0n) is 10.0. The molecule has 1 aromatic rings. The fourth-order valence-corrected chi connectivity index (χ4v) is 1.03. The summed E-state index contributed by atoms with van der Waals surface area (Å²) in [7, 11) is 4.83. The van der Waals surface area contributed by atoms with Gasteiger partial charge >= 0.3 is 0 Å². The van der Waals surface area contributed by atoms with Gasteiger partial charge in [-0.1, -0.05) is 0 Å². The van der Waals surface area contributed by atoms with Gasteiger partial charge in [0.1, 0.15) is 5.82 Å². The van der Waals surface area contributed by atoms with Gasteiger partial charge in [-0.3, -0.25) is 9.59 Å². The molecule has 1 rings (SSSR count). The summed E-state index contributed by atoms with van der Waals surface area (Å²) in [6, 6.07) is 3.16. The minimum Gasteiger partial charge on any atom is -0.360 e. The van der Waals surface area contributed by atoms with Crippen molar-refractivity contribution in [3.05, 3.63) is 17.8 Å². The van der Waals surface area contributed by atoms with Crippen molar-refractivity contribution >= 4 is 17.6 Å². The monoisotopic (exact) mass is 237 g/mol. The summed E-state index contributed by atoms with van der Waals surface area (Å²) in [6.07, 6.45) is 0. The number of carbonyl (C=O) groups excluding carboxylic acids is 2. The van der Waals surface area contributed by atoms with Crippen LogP contribution >= 0.6 is 0 Å². The predicted octanol–water partition coefficient (Wildman–Crippen LogP) is -0.664. The molecule has 17 heavy (non-hydrogen) atoms. The molecule has 92 valence electrons. The molecule has 7 nitrogen and oxygen atoms in total. The number of hydrogen-bond donors (Lipinski definition) is 2. The van der Waals surface area contributed by atoms with Crippen LogP contribution in [-0.4, -0.2) is 54.6 Å². The van der Waals surface area contributed by atoms with E-state index in [1.54, 1.807) is 33.3 Å². The lowest BCUT2D eigenvalue weighted by Crippen LogP contribution is -2.27. The van der Waals surface area contributed by atoms with Crippen LogP contribution in [-0.2, 0) is 4.79 Å². The number of aromatic nitrogens is 2. The average molecular weight is 237 g/mol. The molecule has 0 aliphatic carbocycles. The summed E-state index contributed by atoms with van der Waals surface area (Å²) < 4.78 is 0. The summed E-state index contributed by atoms with van der Waals surface area (Å²) >= 11 is 0. The van der Waals surface area contributed by atoms with Crippen LogP contribution < -0.4 is 10.6 Å². The minimum absolute atomic E-state index is 0.117. The van der Waals surface area contributed by atoms with E-state index in [1.807, 2.05) is 0 Å². The van der Waals surface area contributed by atoms with Crippen molar-refractivity contribution in [2.75, 3.05) is 33.0 Å². The maximum atomic E-state index is 11.5. The summed E-state index contributed by atoms with van der Waals surface area (Å²) in [4.78, 5) is 23.9. The zero-order chi connectivity index (χ0) is 12.8. The highest BCUT2D eigenvalue weighted by molar-refractivity contribution is 5.91. The minimum atomic E-state index is -0.213. The normalized spacial score (nSPS) is 9.59. The molecule has 1 heterocycles. The third-order valence-electron chi connectivity index (χ3n) is 2.00. The number of rotatable bonds is 4. The number of hydrogen-bond acceptors (Lipinski definition) is 5. The Morgan fingerprint density at radius 1 is 1.29 bits per heavy atom. The maximum Gasteiger partial charge on any atom is 0.273 e. The van der Waals surface area contributed by atoms with Crippen molar-refractivity contribution in [2.24, 2.45) is 0 Å². The second kappa shape index (κ2) is 5.78. The molecule has 7 heteroatoms. The second-order valence-electron chi connectivity index (χ2n) is 3.53. The first kappa shape index (κ1) is 12.9. The van der Waals surface area contributed by atoms with Crippen molar-refractivity contribution in [3.8, 4) is 0 Å². The second-order valence-corrected chi connectivity index (χ2v) is 3.53. The third-order valence-corrected chi connectivity index (χ3v) is 2.00. The number of carbonyl (C=O) groups is 2. The lowest BCUT2D eigenvalue weighted by Gasteiger charge is -2.09. The quantitative estimate of drug-likeness (QED) is 0.725. The number of amides is 2. The van der Waals surface area contributed by atoms with Gasteiger partial charge in [0.15, 0.2) is 5.69 Å². The highest BCUT2D eigenvalue weighted by Gasteiger charge is 2.10. The molecule has 0 saturated heterocycles. The summed E-state index contributed by atoms with van der Waals surface area (Å²) in [5.41, 5.74) is 0.264. The van der Waals surface area contributed by atoms with Crippen molar-refractivity contribution in [2.45, 2.75) is 0 Å². The van der Waals surface area contributed by atoms with Gasteiger partial charge in [-0.05, 0) is 12.1 Å². The summed E-state index contributed by atoms with van der Waals surface area (Å²) in [5.74, 6) is 0.0829. The van der Waals surface area contributed by atoms with Crippen molar-refractivity contribution in [1.82, 2.24) is 20.4 Å². The highest BCUT2D eigenvalue weighted by atomic mass is 16.2. The molecule has 0 aromatic carbocycles. The van der Waals surface area contributed by atoms with Gasteiger partial charge in [0, 0.05) is 21.1 Å². The molecular formula is C10H15N5O2. The molecule has 0 saturated carbocycles. The number of nitrogens with zero attached hydrogens (tertiary/aromatic N) is 3. The van der Waals surface area contributed by atoms with E-state index >= 15 is 0 Å². The average Bonchev–Trinajstić information content (AvgIpc) is 2.35. The molecule has 2 amide bonds. The summed E-state index contributed by atoms with van der Waals surface area (Å²) in [6.45, 7) is 0.117. The zero-order valence-corrected chi connectivity index (χ0v) is 10.0. The smallest absolute Gasteiger partial charge is 0.273 e. The van der Waals surface area contributed by atoms with Crippen LogP contribution in [0.2, 0.25) is 0 Å². The Kier molecular flexibility index (Phi) is 4.38. The molecule has 0 unspecified atom stereocenters. The molecule has 0 atom stereocenters. The molecule has 1 aromatic heterocycles. The van der Waals surface area contributed by atoms with E-state index in [4.69, 9.17) is 0 Å². The van der Waals surface area contributed by atoms with Crippen LogP contribution in [0.15, 0.2) is 12.1 Å². The van der Waals surface area contributed by atoms with Gasteiger partial charge in [0.2, 0.25) is 5.91 Å². The predicted molar refractivity (Wildman–Crippen MR) is 62.6 cm³/mol. The molecule has 2 N–H and O–H groups in total. The standard InChI is InChI=1S/C10H15N5O2/c1-11-9(16)6-12-8-5-4-7(13-14-8)10(17)15(2)3/h4-5H,6H2,1-3H3,(H,11,16)(H,12,14). The van der Waals surface area contributed by atoms with Crippen LogP contribution in [0.1, 0.15) is 10.5 Å². The topological polar surface area (TPSA) is 87.2 Å². The number of nitrogens with one attached hydrogen (secondary N) is 2. The van der Waals surface area contributed by atoms with Crippen molar-refractivity contribution in [1.29, 1.82) is 0 Å². The lowest BCUT2D eigenvalue weighted by molar-refractivity contribution is -0.118. The Morgan fingerprint density at radius 3 is 2.47 bits per heavy atom. The van der Waals surface area contributed by atoms with E-state index in [9.17, 15) is 9.59 Å². The van der Waals surface area contributed by atoms with Gasteiger partial charge in [-0.25, -0.2) is 0 Å². The summed E-state index contributed by atoms with van der Waals surface area (Å²) in [5, 5.41) is 12.8. The Bertz CT molecular complexity index is 402. The van der Waals surface area contributed by atoms with Gasteiger partial charge in [0.25, 0.3) is 5.91 Å². The highest BCUT2D eigenvalue weighted by Crippen LogP contribution is 2.03. The van der Waals surface area contributed by atoms with Gasteiger partial charge < -0.3 is 15.5 Å². The van der Waals surface area contributed by atoms with E-state index in [1.165, 1.54) is 4.90 Å². The van der Waals surface area contributed by atoms with Crippen LogP contribution in [0.5, 0.6) is 0 Å². The lowest BCUT2D eigenvalue weighted by atomic mass is 10.3. The number of likely N-dealkylation sites (N-methyl/N-ethyl adjacent to an activating group) is 1. The molecule has 0 aliphatic rings. The first-order chi connectivity index (χ1) is 8.04. The van der Waals surface area contributed by atoms with Crippen molar-refractivity contribution < 1.29 is 9.59 Å². The Balaban J connectivity index is 2.62. The Labute approximate surface area is 99.2 Å². The number of anilines is 1. The fraction of sp³-hybridized carbons (Fsp3) is 0.400. The first-order valence-corrected chi connectivity index (χ1v) is 5.04. The Morgan fingerprint density at radius 2 is 2.00 bits per heavy atom. The molecule has 0 spiro atoms. The molecule has 0 fully saturated rings. The first-order valence-electron chi connectivity index (χ1n) is 5.04. The fourth-order valence-electron chi connectivity index (χ4n) is 1.03. The van der Waals surface area contributed by atoms with Gasteiger partial charge in [-0.2, -0.15) is 0 Å². The van der Waals surface area contributed by atoms with E-state index in [2.05, 4.69) is 20.8 Å². The van der Waals surface area contributed by atoms with E-state index in [0.29, 0.717) is 5.82 Å². The largest absolute Gasteiger partial charge is 0.360 e. The van der Waals surface area contributed by atoms with E-state index < -0.39 is 0 Å². The van der Waals surface area contributed by atoms with E-state index in [-0.39, 0.29) is 24.1 Å². The molecule has 0 aliphatic heterocycles. The third kappa shape index (κ3) is 3.71. The van der Waals surface area contributed by atoms with Gasteiger partial charge in [-0.15, -0.1) is 10.2 Å². The maximum absolute atomic E-state index is 11.5. The van der Waals surface area contributed by atoms with Crippen LogP contribution in [0, 0.1) is 0 Å². The van der Waals surface area contributed by atoms with Crippen LogP contribution in [0.3, 0.4) is 0 Å². The Hall–Kier alpha value is -2.18. The van der Waals surface area contributed by atoms with Crippen LogP contribution in [0.4, 0.5) is 5.82 Å². The van der Waals surface area contributed by atoms with Crippen LogP contribution in [0.25, 0.3) is 0 Å². The SMILES string of the molecule is CNC(=O)CNc1ccc(C(=O)N(C)C)nn1.